The van der Waals surface area contributed by atoms with Crippen LogP contribution in [0.1, 0.15) is 24.6 Å². The standard InChI is InChI=1S/C14H19FN2/c1-3-16-8-4-5-12-10(2)17-14-9-11(15)6-7-13(12)14/h6-7,9,16-17H,3-5,8H2,1-2H3. The largest absolute Gasteiger partial charge is 0.358 e. The van der Waals surface area contributed by atoms with Gasteiger partial charge in [-0.2, -0.15) is 0 Å². The minimum absolute atomic E-state index is 0.182. The van der Waals surface area contributed by atoms with E-state index in [0.717, 1.165) is 42.5 Å². The molecule has 0 aliphatic rings. The number of aryl methyl sites for hydroxylation is 2. The van der Waals surface area contributed by atoms with Crippen molar-refractivity contribution in [2.24, 2.45) is 0 Å². The maximum atomic E-state index is 13.1. The molecule has 0 saturated carbocycles. The molecule has 1 heterocycles. The Morgan fingerprint density at radius 1 is 1.35 bits per heavy atom. The van der Waals surface area contributed by atoms with Gasteiger partial charge < -0.3 is 10.3 Å². The molecular formula is C14H19FN2. The Balaban J connectivity index is 2.18. The molecule has 17 heavy (non-hydrogen) atoms. The van der Waals surface area contributed by atoms with Crippen LogP contribution in [0.5, 0.6) is 0 Å². The van der Waals surface area contributed by atoms with Gasteiger partial charge in [-0.25, -0.2) is 4.39 Å². The predicted octanol–water partition coefficient (Wildman–Crippen LogP) is 3.16. The molecule has 1 aromatic heterocycles. The molecule has 0 unspecified atom stereocenters. The third-order valence-corrected chi connectivity index (χ3v) is 3.11. The summed E-state index contributed by atoms with van der Waals surface area (Å²) in [5, 5.41) is 4.47. The summed E-state index contributed by atoms with van der Waals surface area (Å²) in [4.78, 5) is 3.25. The number of benzene rings is 1. The second-order valence-corrected chi connectivity index (χ2v) is 4.38. The van der Waals surface area contributed by atoms with Crippen molar-refractivity contribution in [2.45, 2.75) is 26.7 Å². The second-order valence-electron chi connectivity index (χ2n) is 4.38. The van der Waals surface area contributed by atoms with Crippen LogP contribution in [-0.2, 0) is 6.42 Å². The molecule has 0 fully saturated rings. The molecule has 0 amide bonds. The quantitative estimate of drug-likeness (QED) is 0.764. The van der Waals surface area contributed by atoms with Crippen LogP contribution in [-0.4, -0.2) is 18.1 Å². The summed E-state index contributed by atoms with van der Waals surface area (Å²) >= 11 is 0. The van der Waals surface area contributed by atoms with Crippen molar-refractivity contribution >= 4 is 10.9 Å². The monoisotopic (exact) mass is 234 g/mol. The first kappa shape index (κ1) is 12.1. The van der Waals surface area contributed by atoms with Gasteiger partial charge >= 0.3 is 0 Å². The van der Waals surface area contributed by atoms with Crippen LogP contribution in [0.2, 0.25) is 0 Å². The van der Waals surface area contributed by atoms with Gasteiger partial charge in [-0.15, -0.1) is 0 Å². The van der Waals surface area contributed by atoms with Crippen LogP contribution >= 0.6 is 0 Å². The highest BCUT2D eigenvalue weighted by Crippen LogP contribution is 2.23. The van der Waals surface area contributed by atoms with Crippen molar-refractivity contribution in [3.05, 3.63) is 35.3 Å². The van der Waals surface area contributed by atoms with Crippen molar-refractivity contribution in [3.8, 4) is 0 Å². The lowest BCUT2D eigenvalue weighted by Gasteiger charge is -2.02. The minimum atomic E-state index is -0.182. The topological polar surface area (TPSA) is 27.8 Å². The number of aromatic amines is 1. The zero-order valence-electron chi connectivity index (χ0n) is 10.4. The molecule has 2 aromatic rings. The van der Waals surface area contributed by atoms with E-state index in [0.29, 0.717) is 0 Å². The zero-order valence-corrected chi connectivity index (χ0v) is 10.4. The van der Waals surface area contributed by atoms with Gasteiger partial charge in [-0.3, -0.25) is 0 Å². The molecule has 2 rings (SSSR count). The second kappa shape index (κ2) is 5.32. The summed E-state index contributed by atoms with van der Waals surface area (Å²) in [6, 6.07) is 4.97. The van der Waals surface area contributed by atoms with Gasteiger partial charge in [-0.05, 0) is 56.6 Å². The summed E-state index contributed by atoms with van der Waals surface area (Å²) in [7, 11) is 0. The summed E-state index contributed by atoms with van der Waals surface area (Å²) in [5.41, 5.74) is 3.38. The SMILES string of the molecule is CCNCCCc1c(C)[nH]c2cc(F)ccc12. The van der Waals surface area contributed by atoms with Gasteiger partial charge in [0.25, 0.3) is 0 Å². The fourth-order valence-corrected chi connectivity index (χ4v) is 2.25. The lowest BCUT2D eigenvalue weighted by molar-refractivity contribution is 0.629. The van der Waals surface area contributed by atoms with Crippen LogP contribution in [0.15, 0.2) is 18.2 Å². The number of aromatic nitrogens is 1. The number of nitrogens with one attached hydrogen (secondary N) is 2. The molecule has 2 nitrogen and oxygen atoms in total. The summed E-state index contributed by atoms with van der Waals surface area (Å²) < 4.78 is 13.1. The minimum Gasteiger partial charge on any atom is -0.358 e. The Morgan fingerprint density at radius 2 is 2.18 bits per heavy atom. The normalized spacial score (nSPS) is 11.2. The lowest BCUT2D eigenvalue weighted by Crippen LogP contribution is -2.14. The lowest BCUT2D eigenvalue weighted by atomic mass is 10.1. The summed E-state index contributed by atoms with van der Waals surface area (Å²) in [5.74, 6) is -0.182. The van der Waals surface area contributed by atoms with Crippen LogP contribution in [0, 0.1) is 12.7 Å². The Hall–Kier alpha value is -1.35. The fourth-order valence-electron chi connectivity index (χ4n) is 2.25. The average molecular weight is 234 g/mol. The molecule has 1 aromatic carbocycles. The van der Waals surface area contributed by atoms with Crippen molar-refractivity contribution < 1.29 is 4.39 Å². The predicted molar refractivity (Wildman–Crippen MR) is 69.9 cm³/mol. The molecule has 0 spiro atoms. The molecule has 0 radical (unpaired) electrons. The van der Waals surface area contributed by atoms with Crippen LogP contribution in [0.25, 0.3) is 10.9 Å². The zero-order chi connectivity index (χ0) is 12.3. The van der Waals surface area contributed by atoms with Crippen molar-refractivity contribution in [1.82, 2.24) is 10.3 Å². The van der Waals surface area contributed by atoms with Gasteiger partial charge in [0.1, 0.15) is 5.82 Å². The van der Waals surface area contributed by atoms with Gasteiger partial charge in [0.15, 0.2) is 0 Å². The van der Waals surface area contributed by atoms with Crippen molar-refractivity contribution in [3.63, 3.8) is 0 Å². The summed E-state index contributed by atoms with van der Waals surface area (Å²) in [6.07, 6.45) is 2.14. The third kappa shape index (κ3) is 2.67. The smallest absolute Gasteiger partial charge is 0.125 e. The maximum absolute atomic E-state index is 13.1. The number of H-pyrrole nitrogens is 1. The van der Waals surface area contributed by atoms with Crippen LogP contribution in [0.4, 0.5) is 4.39 Å². The Morgan fingerprint density at radius 3 is 2.94 bits per heavy atom. The Bertz CT molecular complexity index is 502. The van der Waals surface area contributed by atoms with E-state index in [1.807, 2.05) is 6.07 Å². The van der Waals surface area contributed by atoms with E-state index in [-0.39, 0.29) is 5.82 Å². The third-order valence-electron chi connectivity index (χ3n) is 3.11. The molecule has 0 atom stereocenters. The van der Waals surface area contributed by atoms with E-state index in [9.17, 15) is 4.39 Å². The van der Waals surface area contributed by atoms with Gasteiger partial charge in [0.2, 0.25) is 0 Å². The first-order chi connectivity index (χ1) is 8.22. The van der Waals surface area contributed by atoms with E-state index >= 15 is 0 Å². The molecular weight excluding hydrogens is 215 g/mol. The van der Waals surface area contributed by atoms with Crippen LogP contribution in [0.3, 0.4) is 0 Å². The highest BCUT2D eigenvalue weighted by molar-refractivity contribution is 5.84. The molecule has 2 N–H and O–H groups in total. The van der Waals surface area contributed by atoms with E-state index in [2.05, 4.69) is 24.1 Å². The number of hydrogen-bond donors (Lipinski definition) is 2. The first-order valence-electron chi connectivity index (χ1n) is 6.19. The number of fused-ring (bicyclic) bond motifs is 1. The Labute approximate surface area is 101 Å². The van der Waals surface area contributed by atoms with Crippen molar-refractivity contribution in [1.29, 1.82) is 0 Å². The highest BCUT2D eigenvalue weighted by Gasteiger charge is 2.08. The molecule has 92 valence electrons. The molecule has 0 aliphatic heterocycles. The maximum Gasteiger partial charge on any atom is 0.125 e. The fraction of sp³-hybridized carbons (Fsp3) is 0.429. The molecule has 0 saturated heterocycles. The van der Waals surface area contributed by atoms with Crippen molar-refractivity contribution in [2.75, 3.05) is 13.1 Å². The van der Waals surface area contributed by atoms with E-state index in [4.69, 9.17) is 0 Å². The van der Waals surface area contributed by atoms with Gasteiger partial charge in [0, 0.05) is 16.6 Å². The van der Waals surface area contributed by atoms with E-state index < -0.39 is 0 Å². The number of halogens is 1. The first-order valence-corrected chi connectivity index (χ1v) is 6.19. The van der Waals surface area contributed by atoms with Crippen LogP contribution < -0.4 is 5.32 Å². The van der Waals surface area contributed by atoms with Gasteiger partial charge in [-0.1, -0.05) is 6.92 Å². The number of rotatable bonds is 5. The molecule has 0 bridgehead atoms. The van der Waals surface area contributed by atoms with E-state index in [1.165, 1.54) is 11.6 Å². The molecule has 0 aliphatic carbocycles. The average Bonchev–Trinajstić information content (AvgIpc) is 2.60. The van der Waals surface area contributed by atoms with E-state index in [1.54, 1.807) is 6.07 Å². The highest BCUT2D eigenvalue weighted by atomic mass is 19.1. The Kier molecular flexibility index (Phi) is 3.79. The molecule has 3 heteroatoms. The van der Waals surface area contributed by atoms with Gasteiger partial charge in [0.05, 0.1) is 0 Å². The summed E-state index contributed by atoms with van der Waals surface area (Å²) in [6.45, 7) is 6.21. The number of hydrogen-bond acceptors (Lipinski definition) is 1.